The summed E-state index contributed by atoms with van der Waals surface area (Å²) in [5, 5.41) is 2.78. The predicted octanol–water partition coefficient (Wildman–Crippen LogP) is 3.66. The molecule has 1 amide bonds. The van der Waals surface area contributed by atoms with Crippen molar-refractivity contribution in [3.63, 3.8) is 0 Å². The number of hydrogen-bond acceptors (Lipinski definition) is 3. The highest BCUT2D eigenvalue weighted by atomic mass is 16.6. The zero-order valence-corrected chi connectivity index (χ0v) is 12.5. The van der Waals surface area contributed by atoms with Gasteiger partial charge in [0.2, 0.25) is 0 Å². The molecule has 4 nitrogen and oxygen atoms in total. The Morgan fingerprint density at radius 1 is 1.26 bits per heavy atom. The van der Waals surface area contributed by atoms with Crippen LogP contribution in [0.5, 0.6) is 0 Å². The van der Waals surface area contributed by atoms with Crippen molar-refractivity contribution in [2.45, 2.75) is 58.5 Å². The normalized spacial score (nSPS) is 11.9. The molecule has 0 fully saturated rings. The first-order chi connectivity index (χ1) is 9.24. The van der Waals surface area contributed by atoms with E-state index in [1.807, 2.05) is 6.92 Å². The van der Waals surface area contributed by atoms with E-state index in [1.165, 1.54) is 19.3 Å². The minimum atomic E-state index is -0.343. The third kappa shape index (κ3) is 11.8. The molecule has 0 saturated heterocycles. The Morgan fingerprint density at radius 3 is 2.63 bits per heavy atom. The summed E-state index contributed by atoms with van der Waals surface area (Å²) in [4.78, 5) is 11.5. The van der Waals surface area contributed by atoms with Crippen molar-refractivity contribution in [1.82, 2.24) is 5.32 Å². The number of carbonyl (C=O) groups excluding carboxylic acids is 1. The average Bonchev–Trinajstić information content (AvgIpc) is 2.41. The van der Waals surface area contributed by atoms with E-state index in [1.54, 1.807) is 6.08 Å². The van der Waals surface area contributed by atoms with Crippen LogP contribution in [0.2, 0.25) is 0 Å². The smallest absolute Gasteiger partial charge is 0.407 e. The molecule has 112 valence electrons. The molecule has 4 heteroatoms. The number of hydrogen-bond donors (Lipinski definition) is 1. The number of nitrogens with one attached hydrogen (secondary N) is 1. The van der Waals surface area contributed by atoms with Crippen LogP contribution < -0.4 is 5.32 Å². The Kier molecular flexibility index (Phi) is 12.7. The second kappa shape index (κ2) is 13.4. The van der Waals surface area contributed by atoms with Crippen LogP contribution in [0.25, 0.3) is 0 Å². The predicted molar refractivity (Wildman–Crippen MR) is 78.3 cm³/mol. The first-order valence-corrected chi connectivity index (χ1v) is 7.37. The Balaban J connectivity index is 3.55. The van der Waals surface area contributed by atoms with Crippen molar-refractivity contribution in [2.75, 3.05) is 19.8 Å². The Hall–Kier alpha value is -1.03. The van der Waals surface area contributed by atoms with Gasteiger partial charge in [0.25, 0.3) is 0 Å². The maximum Gasteiger partial charge on any atom is 0.407 e. The van der Waals surface area contributed by atoms with Crippen LogP contribution in [0.15, 0.2) is 12.7 Å². The number of rotatable bonds is 12. The van der Waals surface area contributed by atoms with E-state index in [-0.39, 0.29) is 12.2 Å². The number of unbranched alkanes of at least 4 members (excludes halogenated alkanes) is 4. The Bertz CT molecular complexity index is 231. The molecule has 0 radical (unpaired) electrons. The molecule has 0 aromatic heterocycles. The summed E-state index contributed by atoms with van der Waals surface area (Å²) in [6.07, 6.45) is 7.82. The maximum absolute atomic E-state index is 11.5. The molecule has 0 spiro atoms. The molecule has 0 aliphatic rings. The molecular weight excluding hydrogens is 242 g/mol. The minimum Gasteiger partial charge on any atom is -0.444 e. The van der Waals surface area contributed by atoms with Crippen molar-refractivity contribution in [1.29, 1.82) is 0 Å². The van der Waals surface area contributed by atoms with Crippen molar-refractivity contribution in [3.05, 3.63) is 12.7 Å². The summed E-state index contributed by atoms with van der Waals surface area (Å²) >= 11 is 0. The Morgan fingerprint density at radius 2 is 2.00 bits per heavy atom. The van der Waals surface area contributed by atoms with Gasteiger partial charge in [0.1, 0.15) is 6.10 Å². The zero-order valence-electron chi connectivity index (χ0n) is 12.5. The molecule has 1 atom stereocenters. The lowest BCUT2D eigenvalue weighted by atomic mass is 10.1. The molecule has 0 aromatic rings. The van der Waals surface area contributed by atoms with Gasteiger partial charge in [0.15, 0.2) is 0 Å². The van der Waals surface area contributed by atoms with E-state index < -0.39 is 0 Å². The lowest BCUT2D eigenvalue weighted by Crippen LogP contribution is -2.31. The Labute approximate surface area is 117 Å². The van der Waals surface area contributed by atoms with E-state index in [0.717, 1.165) is 19.3 Å². The van der Waals surface area contributed by atoms with Crippen LogP contribution in [0.3, 0.4) is 0 Å². The highest BCUT2D eigenvalue weighted by molar-refractivity contribution is 5.67. The van der Waals surface area contributed by atoms with Gasteiger partial charge in [0.05, 0.1) is 13.2 Å². The molecule has 19 heavy (non-hydrogen) atoms. The van der Waals surface area contributed by atoms with Gasteiger partial charge in [-0.1, -0.05) is 45.6 Å². The first kappa shape index (κ1) is 18.0. The summed E-state index contributed by atoms with van der Waals surface area (Å²) in [6, 6.07) is 0. The number of carbonyl (C=O) groups is 1. The number of alkyl carbamates (subject to hydrolysis) is 1. The van der Waals surface area contributed by atoms with Crippen molar-refractivity contribution in [2.24, 2.45) is 0 Å². The molecule has 0 rings (SSSR count). The van der Waals surface area contributed by atoms with Gasteiger partial charge >= 0.3 is 6.09 Å². The van der Waals surface area contributed by atoms with E-state index in [9.17, 15) is 4.79 Å². The van der Waals surface area contributed by atoms with Crippen molar-refractivity contribution < 1.29 is 14.3 Å². The topological polar surface area (TPSA) is 47.6 Å². The second-order valence-electron chi connectivity index (χ2n) is 4.60. The van der Waals surface area contributed by atoms with Gasteiger partial charge in [-0.15, -0.1) is 6.58 Å². The van der Waals surface area contributed by atoms with Crippen LogP contribution in [0.1, 0.15) is 52.4 Å². The van der Waals surface area contributed by atoms with Gasteiger partial charge in [-0.2, -0.15) is 0 Å². The monoisotopic (exact) mass is 271 g/mol. The molecule has 1 N–H and O–H groups in total. The molecule has 0 bridgehead atoms. The van der Waals surface area contributed by atoms with Crippen LogP contribution in [-0.4, -0.2) is 32.0 Å². The van der Waals surface area contributed by atoms with Gasteiger partial charge < -0.3 is 14.8 Å². The standard InChI is InChI=1S/C15H29NO3/c1-4-7-8-9-10-11-16-15(17)19-14(6-3)13-18-12-5-2/h5,14H,2,4,6-13H2,1,3H3,(H,16,17). The lowest BCUT2D eigenvalue weighted by Gasteiger charge is -2.16. The van der Waals surface area contributed by atoms with Crippen LogP contribution in [0.4, 0.5) is 4.79 Å². The molecular formula is C15H29NO3. The third-order valence-corrected chi connectivity index (χ3v) is 2.82. The van der Waals surface area contributed by atoms with Crippen LogP contribution in [-0.2, 0) is 9.47 Å². The number of amides is 1. The van der Waals surface area contributed by atoms with Gasteiger partial charge in [-0.3, -0.25) is 0 Å². The molecule has 0 aromatic carbocycles. The highest BCUT2D eigenvalue weighted by Gasteiger charge is 2.11. The van der Waals surface area contributed by atoms with Crippen LogP contribution in [0, 0.1) is 0 Å². The van der Waals surface area contributed by atoms with Gasteiger partial charge in [-0.25, -0.2) is 4.79 Å². The SMILES string of the molecule is C=CCOCC(CC)OC(=O)NCCCCCCC. The molecule has 0 aliphatic heterocycles. The summed E-state index contributed by atoms with van der Waals surface area (Å²) < 4.78 is 10.5. The fourth-order valence-corrected chi connectivity index (χ4v) is 1.63. The average molecular weight is 271 g/mol. The quantitative estimate of drug-likeness (QED) is 0.435. The summed E-state index contributed by atoms with van der Waals surface area (Å²) in [5.74, 6) is 0. The fraction of sp³-hybridized carbons (Fsp3) is 0.800. The van der Waals surface area contributed by atoms with Crippen molar-refractivity contribution >= 4 is 6.09 Å². The lowest BCUT2D eigenvalue weighted by molar-refractivity contribution is 0.0271. The zero-order chi connectivity index (χ0) is 14.3. The summed E-state index contributed by atoms with van der Waals surface area (Å²) in [7, 11) is 0. The fourth-order valence-electron chi connectivity index (χ4n) is 1.63. The summed E-state index contributed by atoms with van der Waals surface area (Å²) in [6.45, 7) is 9.33. The molecule has 1 unspecified atom stereocenters. The largest absolute Gasteiger partial charge is 0.444 e. The number of ether oxygens (including phenoxy) is 2. The van der Waals surface area contributed by atoms with Gasteiger partial charge in [0, 0.05) is 6.54 Å². The third-order valence-electron chi connectivity index (χ3n) is 2.82. The van der Waals surface area contributed by atoms with E-state index >= 15 is 0 Å². The van der Waals surface area contributed by atoms with E-state index in [0.29, 0.717) is 19.8 Å². The highest BCUT2D eigenvalue weighted by Crippen LogP contribution is 2.02. The minimum absolute atomic E-state index is 0.181. The van der Waals surface area contributed by atoms with Crippen LogP contribution >= 0.6 is 0 Å². The molecule has 0 heterocycles. The molecule has 0 saturated carbocycles. The van der Waals surface area contributed by atoms with E-state index in [4.69, 9.17) is 9.47 Å². The second-order valence-corrected chi connectivity index (χ2v) is 4.60. The van der Waals surface area contributed by atoms with Gasteiger partial charge in [-0.05, 0) is 12.8 Å². The molecule has 0 aliphatic carbocycles. The first-order valence-electron chi connectivity index (χ1n) is 7.37. The maximum atomic E-state index is 11.5. The van der Waals surface area contributed by atoms with E-state index in [2.05, 4.69) is 18.8 Å². The summed E-state index contributed by atoms with van der Waals surface area (Å²) in [5.41, 5.74) is 0. The van der Waals surface area contributed by atoms with Crippen molar-refractivity contribution in [3.8, 4) is 0 Å².